The second-order valence-electron chi connectivity index (χ2n) is 9.03. The van der Waals surface area contributed by atoms with Crippen LogP contribution in [0.3, 0.4) is 0 Å². The molecule has 0 radical (unpaired) electrons. The van der Waals surface area contributed by atoms with Crippen LogP contribution in [-0.2, 0) is 11.0 Å². The Morgan fingerprint density at radius 3 is 2.55 bits per heavy atom. The van der Waals surface area contributed by atoms with E-state index in [-0.39, 0.29) is 25.9 Å². The van der Waals surface area contributed by atoms with E-state index in [0.29, 0.717) is 22.8 Å². The Morgan fingerprint density at radius 1 is 1.23 bits per heavy atom. The quantitative estimate of drug-likeness (QED) is 0.564. The monoisotopic (exact) mass is 448 g/mol. The molecular formula is C21H26F2N6OS. The topological polar surface area (TPSA) is 75.8 Å². The van der Waals surface area contributed by atoms with Gasteiger partial charge in [0.15, 0.2) is 5.65 Å². The standard InChI is InChI=1S/C21H26F2N6OS/c1-13-10-15(14(2)27-31(30)20(3,4)5)17-16(11-13)18-26-24-12-29(18)19(25-17)28-8-6-21(22,23)7-9-28/h10-12H,6-9H2,1-5H3/b27-14-/t31-/m1/s1. The zero-order valence-corrected chi connectivity index (χ0v) is 19.1. The van der Waals surface area contributed by atoms with Gasteiger partial charge in [0.05, 0.1) is 16.0 Å². The van der Waals surface area contributed by atoms with Crippen LogP contribution < -0.4 is 4.90 Å². The van der Waals surface area contributed by atoms with Gasteiger partial charge in [0.25, 0.3) is 5.92 Å². The minimum Gasteiger partial charge on any atom is -0.341 e. The van der Waals surface area contributed by atoms with Crippen LogP contribution in [0, 0.1) is 6.92 Å². The Morgan fingerprint density at radius 2 is 1.90 bits per heavy atom. The van der Waals surface area contributed by atoms with Gasteiger partial charge in [-0.15, -0.1) is 10.2 Å². The Balaban J connectivity index is 1.91. The smallest absolute Gasteiger partial charge is 0.251 e. The molecule has 0 bridgehead atoms. The van der Waals surface area contributed by atoms with Crippen molar-refractivity contribution in [1.29, 1.82) is 0 Å². The highest BCUT2D eigenvalue weighted by Gasteiger charge is 2.35. The normalized spacial score (nSPS) is 18.7. The summed E-state index contributed by atoms with van der Waals surface area (Å²) < 4.78 is 45.7. The highest BCUT2D eigenvalue weighted by atomic mass is 32.2. The summed E-state index contributed by atoms with van der Waals surface area (Å²) in [6.45, 7) is 9.78. The molecule has 1 aliphatic rings. The fourth-order valence-electron chi connectivity index (χ4n) is 3.63. The molecule has 0 N–H and O–H groups in total. The first-order chi connectivity index (χ1) is 14.5. The number of piperidine rings is 1. The number of aromatic nitrogens is 4. The van der Waals surface area contributed by atoms with Crippen LogP contribution in [0.5, 0.6) is 0 Å². The maximum Gasteiger partial charge on any atom is 0.251 e. The molecule has 0 aliphatic carbocycles. The van der Waals surface area contributed by atoms with E-state index in [1.165, 1.54) is 0 Å². The number of fused-ring (bicyclic) bond motifs is 3. The molecule has 0 saturated carbocycles. The van der Waals surface area contributed by atoms with Gasteiger partial charge in [0.1, 0.15) is 17.3 Å². The highest BCUT2D eigenvalue weighted by molar-refractivity contribution is 7.85. The van der Waals surface area contributed by atoms with Gasteiger partial charge in [0, 0.05) is 36.9 Å². The van der Waals surface area contributed by atoms with E-state index in [1.54, 1.807) is 10.7 Å². The lowest BCUT2D eigenvalue weighted by Crippen LogP contribution is -2.40. The lowest BCUT2D eigenvalue weighted by molar-refractivity contribution is -0.0222. The van der Waals surface area contributed by atoms with E-state index >= 15 is 0 Å². The van der Waals surface area contributed by atoms with Crippen molar-refractivity contribution in [2.75, 3.05) is 18.0 Å². The predicted molar refractivity (Wildman–Crippen MR) is 120 cm³/mol. The number of rotatable bonds is 3. The lowest BCUT2D eigenvalue weighted by Gasteiger charge is -2.32. The van der Waals surface area contributed by atoms with Gasteiger partial charge in [-0.2, -0.15) is 4.40 Å². The molecule has 0 amide bonds. The second-order valence-corrected chi connectivity index (χ2v) is 10.9. The largest absolute Gasteiger partial charge is 0.341 e. The minimum atomic E-state index is -2.65. The number of alkyl halides is 2. The van der Waals surface area contributed by atoms with Gasteiger partial charge < -0.3 is 4.90 Å². The summed E-state index contributed by atoms with van der Waals surface area (Å²) in [5, 5.41) is 9.10. The van der Waals surface area contributed by atoms with Crippen molar-refractivity contribution in [1.82, 2.24) is 19.6 Å². The number of benzene rings is 1. The summed E-state index contributed by atoms with van der Waals surface area (Å²) in [4.78, 5) is 6.71. The maximum atomic E-state index is 13.7. The molecule has 4 rings (SSSR count). The third-order valence-electron chi connectivity index (χ3n) is 5.38. The fourth-order valence-corrected chi connectivity index (χ4v) is 4.25. The van der Waals surface area contributed by atoms with Crippen molar-refractivity contribution in [3.8, 4) is 0 Å². The number of nitrogens with zero attached hydrogens (tertiary/aromatic N) is 6. The van der Waals surface area contributed by atoms with Crippen molar-refractivity contribution in [3.05, 3.63) is 29.6 Å². The molecule has 1 saturated heterocycles. The van der Waals surface area contributed by atoms with E-state index in [2.05, 4.69) is 14.6 Å². The molecule has 3 heterocycles. The molecule has 0 unspecified atom stereocenters. The molecule has 1 aliphatic heterocycles. The summed E-state index contributed by atoms with van der Waals surface area (Å²) in [5.41, 5.74) is 3.59. The van der Waals surface area contributed by atoms with E-state index in [0.717, 1.165) is 16.5 Å². The van der Waals surface area contributed by atoms with Crippen LogP contribution >= 0.6 is 0 Å². The Hall–Kier alpha value is -2.49. The highest BCUT2D eigenvalue weighted by Crippen LogP contribution is 2.32. The minimum absolute atomic E-state index is 0.196. The van der Waals surface area contributed by atoms with Crippen LogP contribution in [-0.4, -0.2) is 53.3 Å². The van der Waals surface area contributed by atoms with E-state index in [9.17, 15) is 13.0 Å². The molecule has 7 nitrogen and oxygen atoms in total. The number of anilines is 1. The third-order valence-corrected chi connectivity index (χ3v) is 6.87. The van der Waals surface area contributed by atoms with E-state index in [4.69, 9.17) is 4.98 Å². The van der Waals surface area contributed by atoms with Crippen LogP contribution in [0.2, 0.25) is 0 Å². The molecule has 0 spiro atoms. The number of hydrogen-bond donors (Lipinski definition) is 0. The molecule has 1 aromatic carbocycles. The zero-order valence-electron chi connectivity index (χ0n) is 18.3. The van der Waals surface area contributed by atoms with Crippen LogP contribution in [0.25, 0.3) is 16.6 Å². The summed E-state index contributed by atoms with van der Waals surface area (Å²) >= 11 is 0. The molecule has 3 aromatic rings. The summed E-state index contributed by atoms with van der Waals surface area (Å²) in [6, 6.07) is 3.92. The van der Waals surface area contributed by atoms with Crippen LogP contribution in [0.1, 0.15) is 51.7 Å². The van der Waals surface area contributed by atoms with Gasteiger partial charge in [-0.3, -0.25) is 4.40 Å². The number of hydrogen-bond acceptors (Lipinski definition) is 5. The fraction of sp³-hybridized carbons (Fsp3) is 0.524. The van der Waals surface area contributed by atoms with E-state index in [1.807, 2.05) is 51.7 Å². The van der Waals surface area contributed by atoms with Crippen molar-refractivity contribution in [3.63, 3.8) is 0 Å². The summed E-state index contributed by atoms with van der Waals surface area (Å²) in [5.74, 6) is -2.12. The lowest BCUT2D eigenvalue weighted by atomic mass is 10.0. The Kier molecular flexibility index (Phi) is 5.31. The Labute approximate surface area is 182 Å². The van der Waals surface area contributed by atoms with Crippen molar-refractivity contribution in [2.24, 2.45) is 4.40 Å². The SMILES string of the molecule is C/C(=N/[S@](=O)C(C)(C)C)c1cc(C)cc2c1nc(N1CCC(F)(F)CC1)n1cnnc21. The van der Waals surface area contributed by atoms with Crippen molar-refractivity contribution < 1.29 is 13.0 Å². The van der Waals surface area contributed by atoms with Crippen LogP contribution in [0.4, 0.5) is 14.7 Å². The number of halogens is 2. The average molecular weight is 449 g/mol. The predicted octanol–water partition coefficient (Wildman–Crippen LogP) is 4.09. The van der Waals surface area contributed by atoms with Gasteiger partial charge in [-0.05, 0) is 52.3 Å². The molecule has 2 aromatic heterocycles. The zero-order chi connectivity index (χ0) is 22.6. The average Bonchev–Trinajstić information content (AvgIpc) is 3.16. The first-order valence-electron chi connectivity index (χ1n) is 10.2. The molecular weight excluding hydrogens is 422 g/mol. The first-order valence-corrected chi connectivity index (χ1v) is 11.3. The van der Waals surface area contributed by atoms with Crippen LogP contribution in [0.15, 0.2) is 22.9 Å². The first kappa shape index (κ1) is 21.7. The molecule has 166 valence electrons. The maximum absolute atomic E-state index is 13.7. The molecule has 10 heteroatoms. The van der Waals surface area contributed by atoms with Crippen molar-refractivity contribution >= 4 is 39.2 Å². The van der Waals surface area contributed by atoms with Crippen molar-refractivity contribution in [2.45, 2.75) is 58.1 Å². The second kappa shape index (κ2) is 7.58. The van der Waals surface area contributed by atoms with Gasteiger partial charge in [-0.1, -0.05) is 0 Å². The molecule has 1 fully saturated rings. The number of aryl methyl sites for hydroxylation is 1. The van der Waals surface area contributed by atoms with Gasteiger partial charge in [0.2, 0.25) is 5.95 Å². The summed E-state index contributed by atoms with van der Waals surface area (Å²) in [7, 11) is -1.42. The Bertz CT molecular complexity index is 1200. The third kappa shape index (κ3) is 4.17. The molecule has 1 atom stereocenters. The van der Waals surface area contributed by atoms with E-state index < -0.39 is 21.7 Å². The molecule has 31 heavy (non-hydrogen) atoms. The van der Waals surface area contributed by atoms with Gasteiger partial charge in [-0.25, -0.2) is 18.0 Å². The summed E-state index contributed by atoms with van der Waals surface area (Å²) in [6.07, 6.45) is 1.12. The van der Waals surface area contributed by atoms with Gasteiger partial charge >= 0.3 is 0 Å².